The standard InChI is InChI=1S/C21H19ClF3N3O4/c1-11(12-3-5-13(6-4-12)20(30)31)26-18(29)16-17(21(23,24)25)27-28(2)19(16)32-15-9-7-14(22)8-10-15/h3-11,18,26,29H,1-2H3,(H,30,31). The highest BCUT2D eigenvalue weighted by Crippen LogP contribution is 2.40. The number of aromatic nitrogens is 2. The Morgan fingerprint density at radius 2 is 1.75 bits per heavy atom. The molecule has 0 radical (unpaired) electrons. The lowest BCUT2D eigenvalue weighted by atomic mass is 10.1. The van der Waals surface area contributed by atoms with Crippen LogP contribution in [0.4, 0.5) is 13.2 Å². The summed E-state index contributed by atoms with van der Waals surface area (Å²) in [6.07, 6.45) is -6.64. The zero-order chi connectivity index (χ0) is 23.6. The smallest absolute Gasteiger partial charge is 0.435 e. The van der Waals surface area contributed by atoms with E-state index in [-0.39, 0.29) is 17.2 Å². The number of carboxylic acids is 1. The van der Waals surface area contributed by atoms with Gasteiger partial charge in [-0.3, -0.25) is 5.32 Å². The van der Waals surface area contributed by atoms with Crippen LogP contribution in [0.3, 0.4) is 0 Å². The van der Waals surface area contributed by atoms with Gasteiger partial charge in [-0.1, -0.05) is 23.7 Å². The Hall–Kier alpha value is -3.08. The molecule has 0 aliphatic carbocycles. The number of aliphatic hydroxyl groups excluding tert-OH is 1. The average molecular weight is 470 g/mol. The average Bonchev–Trinajstić information content (AvgIpc) is 3.06. The maximum atomic E-state index is 13.6. The van der Waals surface area contributed by atoms with Crippen molar-refractivity contribution in [3.05, 3.63) is 75.9 Å². The molecule has 170 valence electrons. The number of ether oxygens (including phenoxy) is 1. The summed E-state index contributed by atoms with van der Waals surface area (Å²) >= 11 is 5.83. The van der Waals surface area contributed by atoms with Crippen molar-refractivity contribution in [3.8, 4) is 11.6 Å². The van der Waals surface area contributed by atoms with Gasteiger partial charge in [0, 0.05) is 18.1 Å². The van der Waals surface area contributed by atoms with Crippen LogP contribution in [0.25, 0.3) is 0 Å². The number of nitrogens with zero attached hydrogens (tertiary/aromatic N) is 2. The summed E-state index contributed by atoms with van der Waals surface area (Å²) in [4.78, 5) is 11.0. The first-order chi connectivity index (χ1) is 15.0. The van der Waals surface area contributed by atoms with Crippen LogP contribution in [0.1, 0.15) is 46.4 Å². The zero-order valence-electron chi connectivity index (χ0n) is 16.9. The van der Waals surface area contributed by atoms with Crippen LogP contribution in [0.5, 0.6) is 11.6 Å². The summed E-state index contributed by atoms with van der Waals surface area (Å²) in [7, 11) is 1.27. The molecule has 7 nitrogen and oxygen atoms in total. The van der Waals surface area contributed by atoms with Gasteiger partial charge < -0.3 is 14.9 Å². The third kappa shape index (κ3) is 5.21. The van der Waals surface area contributed by atoms with Gasteiger partial charge in [-0.2, -0.15) is 18.3 Å². The van der Waals surface area contributed by atoms with Crippen molar-refractivity contribution in [3.63, 3.8) is 0 Å². The number of benzene rings is 2. The van der Waals surface area contributed by atoms with Crippen LogP contribution in [0.2, 0.25) is 5.02 Å². The maximum absolute atomic E-state index is 13.6. The number of aryl methyl sites for hydroxylation is 1. The lowest BCUT2D eigenvalue weighted by Crippen LogP contribution is -2.26. The molecule has 32 heavy (non-hydrogen) atoms. The molecule has 0 fully saturated rings. The number of hydrogen-bond donors (Lipinski definition) is 3. The van der Waals surface area contributed by atoms with Crippen LogP contribution < -0.4 is 10.1 Å². The molecule has 11 heteroatoms. The Kier molecular flexibility index (Phi) is 6.77. The maximum Gasteiger partial charge on any atom is 0.435 e. The van der Waals surface area contributed by atoms with E-state index in [1.807, 2.05) is 0 Å². The van der Waals surface area contributed by atoms with Gasteiger partial charge in [0.05, 0.1) is 11.1 Å². The van der Waals surface area contributed by atoms with Crippen LogP contribution in [-0.4, -0.2) is 26.0 Å². The number of carbonyl (C=O) groups is 1. The fraction of sp³-hybridized carbons (Fsp3) is 0.238. The van der Waals surface area contributed by atoms with E-state index in [9.17, 15) is 23.1 Å². The van der Waals surface area contributed by atoms with Crippen molar-refractivity contribution in [1.82, 2.24) is 15.1 Å². The molecule has 3 rings (SSSR count). The minimum Gasteiger partial charge on any atom is -0.478 e. The van der Waals surface area contributed by atoms with Crippen LogP contribution in [0.15, 0.2) is 48.5 Å². The van der Waals surface area contributed by atoms with E-state index in [0.29, 0.717) is 10.6 Å². The quantitative estimate of drug-likeness (QED) is 0.425. The molecule has 3 N–H and O–H groups in total. The van der Waals surface area contributed by atoms with Crippen molar-refractivity contribution < 1.29 is 32.9 Å². The zero-order valence-corrected chi connectivity index (χ0v) is 17.6. The Morgan fingerprint density at radius 3 is 2.28 bits per heavy atom. The minimum absolute atomic E-state index is 0.0618. The first-order valence-corrected chi connectivity index (χ1v) is 9.70. The number of aliphatic hydroxyl groups is 1. The van der Waals surface area contributed by atoms with Gasteiger partial charge in [-0.05, 0) is 48.9 Å². The van der Waals surface area contributed by atoms with Gasteiger partial charge in [0.15, 0.2) is 5.69 Å². The van der Waals surface area contributed by atoms with Crippen LogP contribution >= 0.6 is 11.6 Å². The predicted octanol–water partition coefficient (Wildman–Crippen LogP) is 4.92. The molecule has 2 aromatic carbocycles. The monoisotopic (exact) mass is 469 g/mol. The molecule has 0 aliphatic heterocycles. The third-order valence-corrected chi connectivity index (χ3v) is 4.92. The summed E-state index contributed by atoms with van der Waals surface area (Å²) in [5, 5.41) is 26.3. The number of aromatic carboxylic acids is 1. The van der Waals surface area contributed by atoms with Gasteiger partial charge in [0.25, 0.3) is 0 Å². The summed E-state index contributed by atoms with van der Waals surface area (Å²) < 4.78 is 47.4. The molecule has 0 aliphatic rings. The largest absolute Gasteiger partial charge is 0.478 e. The molecule has 3 aromatic rings. The van der Waals surface area contributed by atoms with Gasteiger partial charge in [-0.25, -0.2) is 9.48 Å². The number of nitrogens with one attached hydrogen (secondary N) is 1. The molecule has 0 spiro atoms. The van der Waals surface area contributed by atoms with Crippen molar-refractivity contribution in [2.24, 2.45) is 7.05 Å². The first-order valence-electron chi connectivity index (χ1n) is 9.32. The predicted molar refractivity (Wildman–Crippen MR) is 110 cm³/mol. The highest BCUT2D eigenvalue weighted by molar-refractivity contribution is 6.30. The summed E-state index contributed by atoms with van der Waals surface area (Å²) in [6, 6.07) is 11.1. The third-order valence-electron chi connectivity index (χ3n) is 4.67. The molecule has 0 saturated carbocycles. The van der Waals surface area contributed by atoms with Gasteiger partial charge in [0.2, 0.25) is 5.88 Å². The van der Waals surface area contributed by atoms with E-state index in [0.717, 1.165) is 4.68 Å². The molecular formula is C21H19ClF3N3O4. The number of halogens is 4. The molecule has 0 bridgehead atoms. The second-order valence-electron chi connectivity index (χ2n) is 6.96. The highest BCUT2D eigenvalue weighted by Gasteiger charge is 2.42. The topological polar surface area (TPSA) is 96.6 Å². The molecular weight excluding hydrogens is 451 g/mol. The van der Waals surface area contributed by atoms with E-state index >= 15 is 0 Å². The molecule has 0 saturated heterocycles. The van der Waals surface area contributed by atoms with E-state index < -0.39 is 35.7 Å². The molecule has 2 unspecified atom stereocenters. The van der Waals surface area contributed by atoms with Crippen molar-refractivity contribution >= 4 is 17.6 Å². The van der Waals surface area contributed by atoms with Crippen LogP contribution in [-0.2, 0) is 13.2 Å². The van der Waals surface area contributed by atoms with Crippen molar-refractivity contribution in [2.75, 3.05) is 0 Å². The summed E-state index contributed by atoms with van der Waals surface area (Å²) in [6.45, 7) is 1.61. The van der Waals surface area contributed by atoms with E-state index in [1.165, 1.54) is 55.6 Å². The second-order valence-corrected chi connectivity index (χ2v) is 7.40. The highest BCUT2D eigenvalue weighted by atomic mass is 35.5. The first kappa shape index (κ1) is 23.6. The molecule has 1 aromatic heterocycles. The van der Waals surface area contributed by atoms with Gasteiger partial charge >= 0.3 is 12.1 Å². The number of alkyl halides is 3. The minimum atomic E-state index is -4.84. The fourth-order valence-electron chi connectivity index (χ4n) is 3.05. The van der Waals surface area contributed by atoms with E-state index in [1.54, 1.807) is 6.92 Å². The second kappa shape index (κ2) is 9.19. The Bertz CT molecular complexity index is 1100. The van der Waals surface area contributed by atoms with E-state index in [4.69, 9.17) is 21.4 Å². The van der Waals surface area contributed by atoms with Crippen LogP contribution in [0, 0.1) is 0 Å². The number of hydrogen-bond acceptors (Lipinski definition) is 5. The molecule has 2 atom stereocenters. The lowest BCUT2D eigenvalue weighted by Gasteiger charge is -2.21. The number of rotatable bonds is 7. The fourth-order valence-corrected chi connectivity index (χ4v) is 3.17. The normalized spacial score (nSPS) is 13.6. The summed E-state index contributed by atoms with van der Waals surface area (Å²) in [5.74, 6) is -1.20. The van der Waals surface area contributed by atoms with Crippen molar-refractivity contribution in [1.29, 1.82) is 0 Å². The van der Waals surface area contributed by atoms with Gasteiger partial charge in [0.1, 0.15) is 12.0 Å². The SMILES string of the molecule is CC(NC(O)c1c(C(F)(F)F)nn(C)c1Oc1ccc(Cl)cc1)c1ccc(C(=O)O)cc1. The Morgan fingerprint density at radius 1 is 1.16 bits per heavy atom. The summed E-state index contributed by atoms with van der Waals surface area (Å²) in [5.41, 5.74) is -1.25. The van der Waals surface area contributed by atoms with Crippen molar-refractivity contribution in [2.45, 2.75) is 25.4 Å². The Balaban J connectivity index is 1.93. The lowest BCUT2D eigenvalue weighted by molar-refractivity contribution is -0.143. The van der Waals surface area contributed by atoms with E-state index in [2.05, 4.69) is 10.4 Å². The number of carboxylic acid groups (broad SMARTS) is 1. The Labute approximate surface area is 186 Å². The molecule has 1 heterocycles. The molecule has 0 amide bonds. The van der Waals surface area contributed by atoms with Gasteiger partial charge in [-0.15, -0.1) is 0 Å².